The van der Waals surface area contributed by atoms with E-state index in [1.807, 2.05) is 6.92 Å². The highest BCUT2D eigenvalue weighted by Crippen LogP contribution is 2.13. The van der Waals surface area contributed by atoms with Crippen LogP contribution in [-0.4, -0.2) is 14.3 Å². The molecule has 0 aliphatic heterocycles. The summed E-state index contributed by atoms with van der Waals surface area (Å²) >= 11 is 0. The summed E-state index contributed by atoms with van der Waals surface area (Å²) in [5, 5.41) is 11.9. The van der Waals surface area contributed by atoms with E-state index in [2.05, 4.69) is 15.5 Å². The van der Waals surface area contributed by atoms with E-state index in [0.717, 1.165) is 5.56 Å². The third-order valence-corrected chi connectivity index (χ3v) is 3.91. The van der Waals surface area contributed by atoms with Crippen molar-refractivity contribution < 1.29 is 8.42 Å². The molecule has 0 heterocycles. The van der Waals surface area contributed by atoms with Gasteiger partial charge in [-0.25, -0.2) is 0 Å². The molecule has 0 unspecified atom stereocenters. The molecule has 1 N–H and O–H groups in total. The van der Waals surface area contributed by atoms with Gasteiger partial charge in [-0.2, -0.15) is 8.42 Å². The first-order valence-corrected chi connectivity index (χ1v) is 7.55. The number of nitrogens with zero attached hydrogens (tertiary/aromatic N) is 2. The van der Waals surface area contributed by atoms with E-state index in [0.29, 0.717) is 10.4 Å². The van der Waals surface area contributed by atoms with Crippen LogP contribution < -0.4 is 10.4 Å². The monoisotopic (exact) mass is 299 g/mol. The fraction of sp³-hybridized carbons (Fsp3) is 0.0667. The Morgan fingerprint density at radius 2 is 1.67 bits per heavy atom. The topological polar surface area (TPSA) is 82.7 Å². The Balaban J connectivity index is 2.27. The van der Waals surface area contributed by atoms with Gasteiger partial charge < -0.3 is 0 Å². The Bertz CT molecular complexity index is 887. The van der Waals surface area contributed by atoms with Crippen LogP contribution in [0, 0.1) is 12.3 Å². The fourth-order valence-corrected chi connectivity index (χ4v) is 2.31. The van der Waals surface area contributed by atoms with Gasteiger partial charge in [0.1, 0.15) is 0 Å². The molecule has 21 heavy (non-hydrogen) atoms. The van der Waals surface area contributed by atoms with E-state index in [9.17, 15) is 8.42 Å². The summed E-state index contributed by atoms with van der Waals surface area (Å²) in [7, 11) is -3.78. The molecule has 0 radical (unpaired) electrons. The van der Waals surface area contributed by atoms with Gasteiger partial charge in [0.2, 0.25) is 0 Å². The molecule has 0 bridgehead atoms. The molecule has 5 nitrogen and oxygen atoms in total. The second kappa shape index (κ2) is 6.26. The van der Waals surface area contributed by atoms with Gasteiger partial charge in [-0.05, 0) is 42.3 Å². The standard InChI is InChI=1S/C15H13N3O2S/c1-12-2-8-15(9-3-12)21(19,20)18-17-11-14-6-4-13(10-16)5-7-14/h2-9,11,16H,1H3. The lowest BCUT2D eigenvalue weighted by Crippen LogP contribution is -2.07. The van der Waals surface area contributed by atoms with Crippen molar-refractivity contribution in [3.63, 3.8) is 0 Å². The van der Waals surface area contributed by atoms with Crippen LogP contribution in [0.3, 0.4) is 0 Å². The van der Waals surface area contributed by atoms with Crippen molar-refractivity contribution in [2.24, 2.45) is 9.63 Å². The van der Waals surface area contributed by atoms with E-state index in [4.69, 9.17) is 5.41 Å². The van der Waals surface area contributed by atoms with Crippen molar-refractivity contribution >= 4 is 22.1 Å². The Kier molecular flexibility index (Phi) is 4.42. The van der Waals surface area contributed by atoms with Crippen LogP contribution in [0.25, 0.3) is 6.20 Å². The first-order valence-electron chi connectivity index (χ1n) is 6.11. The molecule has 0 saturated heterocycles. The minimum absolute atomic E-state index is 0.110. The second-order valence-corrected chi connectivity index (χ2v) is 5.95. The van der Waals surface area contributed by atoms with E-state index >= 15 is 0 Å². The van der Waals surface area contributed by atoms with Crippen LogP contribution in [0.2, 0.25) is 0 Å². The maximum absolute atomic E-state index is 11.9. The van der Waals surface area contributed by atoms with Gasteiger partial charge in [-0.15, -0.1) is 5.11 Å². The zero-order valence-electron chi connectivity index (χ0n) is 11.3. The maximum Gasteiger partial charge on any atom is 0.299 e. The fourth-order valence-electron chi connectivity index (χ4n) is 1.56. The van der Waals surface area contributed by atoms with Gasteiger partial charge in [0.25, 0.3) is 10.0 Å². The number of nitrogens with one attached hydrogen (secondary N) is 1. The molecule has 2 rings (SSSR count). The Labute approximate surface area is 122 Å². The number of sulfonamides is 1. The van der Waals surface area contributed by atoms with Crippen molar-refractivity contribution in [2.75, 3.05) is 0 Å². The zero-order valence-corrected chi connectivity index (χ0v) is 12.1. The molecule has 0 spiro atoms. The van der Waals surface area contributed by atoms with Crippen LogP contribution in [0.1, 0.15) is 5.56 Å². The summed E-state index contributed by atoms with van der Waals surface area (Å²) in [5.74, 6) is 2.25. The predicted molar refractivity (Wildman–Crippen MR) is 80.2 cm³/mol. The number of rotatable bonds is 3. The molecule has 0 amide bonds. The van der Waals surface area contributed by atoms with E-state index in [-0.39, 0.29) is 4.90 Å². The van der Waals surface area contributed by atoms with Crippen LogP contribution in [0.15, 0.2) is 63.1 Å². The minimum Gasteiger partial charge on any atom is -0.258 e. The Morgan fingerprint density at radius 1 is 1.05 bits per heavy atom. The number of benzene rings is 2. The largest absolute Gasteiger partial charge is 0.299 e. The summed E-state index contributed by atoms with van der Waals surface area (Å²) in [6.07, 6.45) is 1.35. The van der Waals surface area contributed by atoms with Crippen molar-refractivity contribution in [3.8, 4) is 0 Å². The van der Waals surface area contributed by atoms with Gasteiger partial charge in [0, 0.05) is 5.22 Å². The molecule has 6 heteroatoms. The highest BCUT2D eigenvalue weighted by molar-refractivity contribution is 7.90. The van der Waals surface area contributed by atoms with Crippen molar-refractivity contribution in [2.45, 2.75) is 11.8 Å². The summed E-state index contributed by atoms with van der Waals surface area (Å²) in [4.78, 5) is 0.110. The maximum atomic E-state index is 11.9. The number of hydrogen-bond acceptors (Lipinski definition) is 4. The van der Waals surface area contributed by atoms with E-state index in [1.54, 1.807) is 36.4 Å². The van der Waals surface area contributed by atoms with Crippen molar-refractivity contribution in [1.29, 1.82) is 5.41 Å². The molecule has 0 aliphatic rings. The average molecular weight is 299 g/mol. The Morgan fingerprint density at radius 3 is 2.24 bits per heavy atom. The predicted octanol–water partition coefficient (Wildman–Crippen LogP) is 1.49. The molecular weight excluding hydrogens is 286 g/mol. The van der Waals surface area contributed by atoms with Crippen LogP contribution in [0.5, 0.6) is 0 Å². The molecule has 0 aromatic heterocycles. The van der Waals surface area contributed by atoms with Gasteiger partial charge in [-0.3, -0.25) is 5.41 Å². The third-order valence-electron chi connectivity index (χ3n) is 2.74. The van der Waals surface area contributed by atoms with Crippen LogP contribution in [0.4, 0.5) is 0 Å². The van der Waals surface area contributed by atoms with E-state index < -0.39 is 10.0 Å². The van der Waals surface area contributed by atoms with Crippen LogP contribution in [-0.2, 0) is 10.0 Å². The second-order valence-electron chi connectivity index (χ2n) is 4.36. The molecule has 106 valence electrons. The molecular formula is C15H13N3O2S. The lowest BCUT2D eigenvalue weighted by molar-refractivity contribution is 0.596. The first kappa shape index (κ1) is 14.8. The third kappa shape index (κ3) is 3.95. The molecule has 0 fully saturated rings. The Hall–Kier alpha value is -2.56. The van der Waals surface area contributed by atoms with Crippen molar-refractivity contribution in [1.82, 2.24) is 0 Å². The smallest absolute Gasteiger partial charge is 0.258 e. The summed E-state index contributed by atoms with van der Waals surface area (Å²) in [5.41, 5.74) is 0.973. The average Bonchev–Trinajstić information content (AvgIpc) is 2.48. The molecule has 0 aliphatic carbocycles. The lowest BCUT2D eigenvalue weighted by atomic mass is 10.2. The van der Waals surface area contributed by atoms with Gasteiger partial charge in [-0.1, -0.05) is 34.3 Å². The van der Waals surface area contributed by atoms with E-state index in [1.165, 1.54) is 18.3 Å². The quantitative estimate of drug-likeness (QED) is 0.688. The molecule has 2 aromatic rings. The van der Waals surface area contributed by atoms with Crippen molar-refractivity contribution in [3.05, 3.63) is 64.5 Å². The summed E-state index contributed by atoms with van der Waals surface area (Å²) in [6, 6.07) is 13.2. The normalized spacial score (nSPS) is 11.3. The highest BCUT2D eigenvalue weighted by Gasteiger charge is 2.11. The number of hydrogen-bond donors (Lipinski definition) is 1. The summed E-state index contributed by atoms with van der Waals surface area (Å²) in [6.45, 7) is 1.88. The zero-order chi connectivity index (χ0) is 15.3. The minimum atomic E-state index is -3.78. The lowest BCUT2D eigenvalue weighted by Gasteiger charge is -1.97. The van der Waals surface area contributed by atoms with Crippen LogP contribution >= 0.6 is 0 Å². The molecule has 2 aromatic carbocycles. The molecule has 0 saturated carbocycles. The van der Waals surface area contributed by atoms with Gasteiger partial charge >= 0.3 is 0 Å². The first-order chi connectivity index (χ1) is 10.0. The van der Waals surface area contributed by atoms with Gasteiger partial charge in [0.15, 0.2) is 0 Å². The van der Waals surface area contributed by atoms with Gasteiger partial charge in [0.05, 0.1) is 11.1 Å². The highest BCUT2D eigenvalue weighted by atomic mass is 32.2. The molecule has 0 atom stereocenters. The summed E-state index contributed by atoms with van der Waals surface area (Å²) < 4.78 is 27.2. The SMILES string of the molecule is Cc1ccc(S(=O)(=O)N=NC=c2ccc(=C=N)cc2)cc1. The number of aryl methyl sites for hydroxylation is 1.